The molecule has 86 valence electrons. The van der Waals surface area contributed by atoms with Gasteiger partial charge in [0, 0.05) is 19.3 Å². The summed E-state index contributed by atoms with van der Waals surface area (Å²) in [5.74, 6) is -0.297. The van der Waals surface area contributed by atoms with Crippen LogP contribution < -0.4 is 5.32 Å². The van der Waals surface area contributed by atoms with Gasteiger partial charge in [0.15, 0.2) is 11.6 Å². The fourth-order valence-corrected chi connectivity index (χ4v) is 1.75. The van der Waals surface area contributed by atoms with Gasteiger partial charge in [0.2, 0.25) is 5.91 Å². The number of carbonyl (C=O) groups is 1. The van der Waals surface area contributed by atoms with Crippen molar-refractivity contribution >= 4 is 11.7 Å². The van der Waals surface area contributed by atoms with Gasteiger partial charge in [-0.25, -0.2) is 9.37 Å². The fourth-order valence-electron chi connectivity index (χ4n) is 1.75. The summed E-state index contributed by atoms with van der Waals surface area (Å²) in [7, 11) is 0. The summed E-state index contributed by atoms with van der Waals surface area (Å²) in [6.45, 7) is 1.73. The van der Waals surface area contributed by atoms with Gasteiger partial charge in [0.1, 0.15) is 0 Å². The minimum atomic E-state index is -0.434. The molecule has 1 N–H and O–H groups in total. The highest BCUT2D eigenvalue weighted by atomic mass is 19.1. The Hall–Kier alpha value is -1.65. The number of likely N-dealkylation sites (tertiary alicyclic amines) is 1. The standard InChI is InChI=1S/C11H14FN3O/c12-9-4-3-5-13-11(9)14-8-10(16)15-6-1-2-7-15/h3-5H,1-2,6-8H2,(H,13,14). The number of rotatable bonds is 3. The highest BCUT2D eigenvalue weighted by Gasteiger charge is 2.17. The fraction of sp³-hybridized carbons (Fsp3) is 0.455. The summed E-state index contributed by atoms with van der Waals surface area (Å²) in [6.07, 6.45) is 3.61. The third-order valence-electron chi connectivity index (χ3n) is 2.62. The second kappa shape index (κ2) is 4.92. The molecule has 0 saturated carbocycles. The Bertz CT molecular complexity index is 377. The van der Waals surface area contributed by atoms with Crippen LogP contribution in [-0.2, 0) is 4.79 Å². The molecule has 0 radical (unpaired) electrons. The zero-order valence-electron chi connectivity index (χ0n) is 8.95. The number of carbonyl (C=O) groups excluding carboxylic acids is 1. The predicted molar refractivity (Wildman–Crippen MR) is 58.5 cm³/mol. The SMILES string of the molecule is O=C(CNc1ncccc1F)N1CCCC1. The van der Waals surface area contributed by atoms with Gasteiger partial charge in [0.05, 0.1) is 6.54 Å². The largest absolute Gasteiger partial charge is 0.359 e. The van der Waals surface area contributed by atoms with E-state index in [1.54, 1.807) is 4.90 Å². The van der Waals surface area contributed by atoms with E-state index in [1.165, 1.54) is 18.3 Å². The van der Waals surface area contributed by atoms with Crippen molar-refractivity contribution in [3.05, 3.63) is 24.1 Å². The first-order valence-electron chi connectivity index (χ1n) is 5.39. The number of nitrogens with one attached hydrogen (secondary N) is 1. The van der Waals surface area contributed by atoms with Crippen molar-refractivity contribution in [1.82, 2.24) is 9.88 Å². The summed E-state index contributed by atoms with van der Waals surface area (Å²) in [5, 5.41) is 2.71. The Morgan fingerprint density at radius 1 is 1.50 bits per heavy atom. The Balaban J connectivity index is 1.87. The van der Waals surface area contributed by atoms with Crippen molar-refractivity contribution in [3.8, 4) is 0 Å². The van der Waals surface area contributed by atoms with E-state index in [4.69, 9.17) is 0 Å². The number of anilines is 1. The number of hydrogen-bond donors (Lipinski definition) is 1. The maximum absolute atomic E-state index is 13.2. The van der Waals surface area contributed by atoms with Crippen LogP contribution in [0.5, 0.6) is 0 Å². The summed E-state index contributed by atoms with van der Waals surface area (Å²) in [5.41, 5.74) is 0. The van der Waals surface area contributed by atoms with Crippen LogP contribution in [0, 0.1) is 5.82 Å². The summed E-state index contributed by atoms with van der Waals surface area (Å²) < 4.78 is 13.2. The van der Waals surface area contributed by atoms with Crippen LogP contribution >= 0.6 is 0 Å². The van der Waals surface area contributed by atoms with E-state index in [1.807, 2.05) is 0 Å². The molecule has 0 bridgehead atoms. The third kappa shape index (κ3) is 2.48. The Morgan fingerprint density at radius 3 is 2.94 bits per heavy atom. The van der Waals surface area contributed by atoms with Gasteiger partial charge < -0.3 is 10.2 Å². The molecular formula is C11H14FN3O. The van der Waals surface area contributed by atoms with Crippen molar-refractivity contribution in [2.75, 3.05) is 25.0 Å². The molecule has 5 heteroatoms. The zero-order chi connectivity index (χ0) is 11.4. The number of amides is 1. The average Bonchev–Trinajstić information content (AvgIpc) is 2.81. The second-order valence-electron chi connectivity index (χ2n) is 3.78. The molecule has 0 spiro atoms. The van der Waals surface area contributed by atoms with Gasteiger partial charge in [0.25, 0.3) is 0 Å². The molecule has 0 aliphatic carbocycles. The van der Waals surface area contributed by atoms with E-state index in [-0.39, 0.29) is 18.3 Å². The first kappa shape index (κ1) is 10.9. The van der Waals surface area contributed by atoms with Crippen LogP contribution in [0.15, 0.2) is 18.3 Å². The molecule has 16 heavy (non-hydrogen) atoms. The molecular weight excluding hydrogens is 209 g/mol. The molecule has 1 aromatic heterocycles. The van der Waals surface area contributed by atoms with Gasteiger partial charge >= 0.3 is 0 Å². The van der Waals surface area contributed by atoms with Gasteiger partial charge in [-0.3, -0.25) is 4.79 Å². The Morgan fingerprint density at radius 2 is 2.25 bits per heavy atom. The van der Waals surface area contributed by atoms with Gasteiger partial charge in [-0.1, -0.05) is 0 Å². The zero-order valence-corrected chi connectivity index (χ0v) is 8.95. The monoisotopic (exact) mass is 223 g/mol. The van der Waals surface area contributed by atoms with Crippen LogP contribution in [0.1, 0.15) is 12.8 Å². The normalized spacial score (nSPS) is 15.2. The van der Waals surface area contributed by atoms with Crippen LogP contribution in [0.4, 0.5) is 10.2 Å². The molecule has 1 amide bonds. The molecule has 4 nitrogen and oxygen atoms in total. The number of halogens is 1. The molecule has 2 rings (SSSR count). The quantitative estimate of drug-likeness (QED) is 0.839. The minimum absolute atomic E-state index is 0.00236. The summed E-state index contributed by atoms with van der Waals surface area (Å²) >= 11 is 0. The maximum atomic E-state index is 13.2. The van der Waals surface area contributed by atoms with Gasteiger partial charge in [-0.2, -0.15) is 0 Å². The van der Waals surface area contributed by atoms with E-state index < -0.39 is 5.82 Å². The van der Waals surface area contributed by atoms with Crippen molar-refractivity contribution in [1.29, 1.82) is 0 Å². The number of pyridine rings is 1. The lowest BCUT2D eigenvalue weighted by Crippen LogP contribution is -2.33. The second-order valence-corrected chi connectivity index (χ2v) is 3.78. The molecule has 0 aromatic carbocycles. The van der Waals surface area contributed by atoms with E-state index >= 15 is 0 Å². The highest BCUT2D eigenvalue weighted by molar-refractivity contribution is 5.80. The van der Waals surface area contributed by atoms with Crippen LogP contribution in [0.2, 0.25) is 0 Å². The lowest BCUT2D eigenvalue weighted by molar-refractivity contribution is -0.128. The molecule has 1 saturated heterocycles. The van der Waals surface area contributed by atoms with Crippen LogP contribution in [-0.4, -0.2) is 35.4 Å². The average molecular weight is 223 g/mol. The molecule has 1 fully saturated rings. The number of aromatic nitrogens is 1. The molecule has 0 atom stereocenters. The lowest BCUT2D eigenvalue weighted by atomic mass is 10.4. The molecule has 1 aliphatic heterocycles. The molecule has 1 aliphatic rings. The summed E-state index contributed by atoms with van der Waals surface area (Å²) in [6, 6.07) is 2.83. The third-order valence-corrected chi connectivity index (χ3v) is 2.62. The van der Waals surface area contributed by atoms with E-state index in [2.05, 4.69) is 10.3 Å². The predicted octanol–water partition coefficient (Wildman–Crippen LogP) is 1.25. The van der Waals surface area contributed by atoms with Gasteiger partial charge in [-0.05, 0) is 25.0 Å². The van der Waals surface area contributed by atoms with Crippen LogP contribution in [0.3, 0.4) is 0 Å². The Labute approximate surface area is 93.5 Å². The summed E-state index contributed by atoms with van der Waals surface area (Å²) in [4.78, 5) is 17.2. The first-order valence-corrected chi connectivity index (χ1v) is 5.39. The maximum Gasteiger partial charge on any atom is 0.241 e. The van der Waals surface area contributed by atoms with E-state index in [0.717, 1.165) is 25.9 Å². The molecule has 0 unspecified atom stereocenters. The smallest absolute Gasteiger partial charge is 0.241 e. The topological polar surface area (TPSA) is 45.2 Å². The Kier molecular flexibility index (Phi) is 3.34. The van der Waals surface area contributed by atoms with Crippen molar-refractivity contribution in [2.24, 2.45) is 0 Å². The highest BCUT2D eigenvalue weighted by Crippen LogP contribution is 2.10. The molecule has 1 aromatic rings. The van der Waals surface area contributed by atoms with E-state index in [9.17, 15) is 9.18 Å². The number of nitrogens with zero attached hydrogens (tertiary/aromatic N) is 2. The van der Waals surface area contributed by atoms with Crippen molar-refractivity contribution < 1.29 is 9.18 Å². The molecule has 2 heterocycles. The minimum Gasteiger partial charge on any atom is -0.359 e. The van der Waals surface area contributed by atoms with Crippen LogP contribution in [0.25, 0.3) is 0 Å². The lowest BCUT2D eigenvalue weighted by Gasteiger charge is -2.15. The van der Waals surface area contributed by atoms with Crippen molar-refractivity contribution in [2.45, 2.75) is 12.8 Å². The van der Waals surface area contributed by atoms with Crippen molar-refractivity contribution in [3.63, 3.8) is 0 Å². The first-order chi connectivity index (χ1) is 7.77. The van der Waals surface area contributed by atoms with Gasteiger partial charge in [-0.15, -0.1) is 0 Å². The van der Waals surface area contributed by atoms with E-state index in [0.29, 0.717) is 0 Å². The number of hydrogen-bond acceptors (Lipinski definition) is 3.